The molecule has 0 amide bonds. The van der Waals surface area contributed by atoms with Crippen molar-refractivity contribution in [2.45, 2.75) is 57.8 Å². The number of aromatic nitrogens is 1. The number of nitrogens with zero attached hydrogens (tertiary/aromatic N) is 4. The van der Waals surface area contributed by atoms with Crippen molar-refractivity contribution in [1.29, 1.82) is 0 Å². The van der Waals surface area contributed by atoms with E-state index in [4.69, 9.17) is 9.57 Å². The van der Waals surface area contributed by atoms with E-state index in [1.54, 1.807) is 18.3 Å². The molecule has 3 unspecified atom stereocenters. The van der Waals surface area contributed by atoms with Crippen LogP contribution < -0.4 is 4.74 Å². The lowest BCUT2D eigenvalue weighted by atomic mass is 10.0. The SMILES string of the molecule is Cc1nc2cc(OC(C(C)O)N3CCN(CC4=NOC(c5ccc(C(F)(F)F)cc5)C4)C[C@@H]3C)ccc2s1. The Morgan fingerprint density at radius 2 is 1.95 bits per heavy atom. The fraction of sp³-hybridized carbons (Fsp3) is 0.481. The molecular weight excluding hydrogens is 517 g/mol. The normalized spacial score (nSPS) is 22.8. The van der Waals surface area contributed by atoms with Crippen LogP contribution in [0.3, 0.4) is 0 Å². The summed E-state index contributed by atoms with van der Waals surface area (Å²) in [6.45, 7) is 8.65. The predicted octanol–water partition coefficient (Wildman–Crippen LogP) is 5.23. The van der Waals surface area contributed by atoms with E-state index in [-0.39, 0.29) is 12.1 Å². The first-order valence-corrected chi connectivity index (χ1v) is 13.5. The van der Waals surface area contributed by atoms with Crippen molar-refractivity contribution in [1.82, 2.24) is 14.8 Å². The number of piperazine rings is 1. The first kappa shape index (κ1) is 26.9. The van der Waals surface area contributed by atoms with Crippen molar-refractivity contribution in [3.05, 3.63) is 58.6 Å². The molecule has 1 fully saturated rings. The third kappa shape index (κ3) is 5.96. The van der Waals surface area contributed by atoms with Gasteiger partial charge in [0.1, 0.15) is 11.9 Å². The van der Waals surface area contributed by atoms with Gasteiger partial charge in [-0.15, -0.1) is 11.3 Å². The lowest BCUT2D eigenvalue weighted by molar-refractivity contribution is -0.137. The zero-order chi connectivity index (χ0) is 27.0. The maximum Gasteiger partial charge on any atom is 0.416 e. The highest BCUT2D eigenvalue weighted by atomic mass is 32.1. The molecule has 2 aromatic carbocycles. The molecule has 3 aromatic rings. The minimum atomic E-state index is -4.36. The number of aliphatic hydroxyl groups is 1. The molecule has 0 spiro atoms. The van der Waals surface area contributed by atoms with Crippen molar-refractivity contribution in [2.75, 3.05) is 26.2 Å². The number of hydrogen-bond donors (Lipinski definition) is 1. The monoisotopic (exact) mass is 548 g/mol. The molecule has 2 aliphatic heterocycles. The van der Waals surface area contributed by atoms with Gasteiger partial charge in [-0.1, -0.05) is 17.3 Å². The molecule has 5 rings (SSSR count). The van der Waals surface area contributed by atoms with Crippen LogP contribution in [0.2, 0.25) is 0 Å². The van der Waals surface area contributed by atoms with Crippen LogP contribution in [0.1, 0.15) is 42.5 Å². The summed E-state index contributed by atoms with van der Waals surface area (Å²) in [6, 6.07) is 11.0. The van der Waals surface area contributed by atoms with E-state index in [0.717, 1.165) is 46.2 Å². The van der Waals surface area contributed by atoms with Crippen LogP contribution >= 0.6 is 11.3 Å². The Bertz CT molecular complexity index is 1290. The molecular formula is C27H31F3N4O3S. The molecule has 1 N–H and O–H groups in total. The van der Waals surface area contributed by atoms with Gasteiger partial charge in [-0.25, -0.2) is 4.98 Å². The molecule has 0 saturated carbocycles. The van der Waals surface area contributed by atoms with Gasteiger partial charge in [0.25, 0.3) is 0 Å². The second-order valence-corrected chi connectivity index (χ2v) is 11.2. The van der Waals surface area contributed by atoms with Crippen LogP contribution in [0.5, 0.6) is 5.75 Å². The maximum absolute atomic E-state index is 12.9. The van der Waals surface area contributed by atoms with E-state index in [1.807, 2.05) is 25.1 Å². The Balaban J connectivity index is 1.16. The topological polar surface area (TPSA) is 70.4 Å². The van der Waals surface area contributed by atoms with Gasteiger partial charge in [-0.3, -0.25) is 9.80 Å². The fourth-order valence-corrected chi connectivity index (χ4v) is 5.90. The fourth-order valence-electron chi connectivity index (χ4n) is 5.09. The number of oxime groups is 1. The molecule has 0 bridgehead atoms. The van der Waals surface area contributed by atoms with E-state index < -0.39 is 24.1 Å². The summed E-state index contributed by atoms with van der Waals surface area (Å²) in [6.07, 6.45) is -5.40. The second-order valence-electron chi connectivity index (χ2n) is 10.0. The lowest BCUT2D eigenvalue weighted by Crippen LogP contribution is -2.60. The summed E-state index contributed by atoms with van der Waals surface area (Å²) in [5.74, 6) is 0.676. The van der Waals surface area contributed by atoms with E-state index in [0.29, 0.717) is 30.8 Å². The Labute approximate surface area is 223 Å². The molecule has 0 aliphatic carbocycles. The van der Waals surface area contributed by atoms with Crippen molar-refractivity contribution >= 4 is 27.3 Å². The summed E-state index contributed by atoms with van der Waals surface area (Å²) in [5, 5.41) is 15.8. The highest BCUT2D eigenvalue weighted by Crippen LogP contribution is 2.33. The van der Waals surface area contributed by atoms with Gasteiger partial charge >= 0.3 is 6.18 Å². The molecule has 204 valence electrons. The molecule has 4 atom stereocenters. The van der Waals surface area contributed by atoms with Gasteiger partial charge in [-0.2, -0.15) is 13.2 Å². The van der Waals surface area contributed by atoms with E-state index in [9.17, 15) is 18.3 Å². The number of thiazole rings is 1. The minimum Gasteiger partial charge on any atom is -0.472 e. The van der Waals surface area contributed by atoms with Gasteiger partial charge in [0.05, 0.1) is 26.5 Å². The average Bonchev–Trinajstić information content (AvgIpc) is 3.47. The number of alkyl halides is 3. The Morgan fingerprint density at radius 1 is 1.18 bits per heavy atom. The Morgan fingerprint density at radius 3 is 2.63 bits per heavy atom. The van der Waals surface area contributed by atoms with Crippen molar-refractivity contribution in [2.24, 2.45) is 5.16 Å². The molecule has 2 aliphatic rings. The number of benzene rings is 2. The van der Waals surface area contributed by atoms with Crippen molar-refractivity contribution in [3.63, 3.8) is 0 Å². The van der Waals surface area contributed by atoms with Crippen molar-refractivity contribution < 1.29 is 27.9 Å². The van der Waals surface area contributed by atoms with Crippen LogP contribution in [0.15, 0.2) is 47.6 Å². The molecule has 38 heavy (non-hydrogen) atoms. The number of ether oxygens (including phenoxy) is 1. The number of fused-ring (bicyclic) bond motifs is 1. The molecule has 3 heterocycles. The average molecular weight is 549 g/mol. The summed E-state index contributed by atoms with van der Waals surface area (Å²) in [4.78, 5) is 14.5. The van der Waals surface area contributed by atoms with Gasteiger partial charge < -0.3 is 14.7 Å². The Kier molecular flexibility index (Phi) is 7.63. The number of aliphatic hydroxyl groups excluding tert-OH is 1. The predicted molar refractivity (Wildman–Crippen MR) is 140 cm³/mol. The second kappa shape index (κ2) is 10.8. The zero-order valence-electron chi connectivity index (χ0n) is 21.5. The van der Waals surface area contributed by atoms with Crippen LogP contribution in [0, 0.1) is 6.92 Å². The van der Waals surface area contributed by atoms with Gasteiger partial charge in [-0.05, 0) is 50.6 Å². The summed E-state index contributed by atoms with van der Waals surface area (Å²) >= 11 is 1.64. The van der Waals surface area contributed by atoms with E-state index in [2.05, 4.69) is 26.9 Å². The third-order valence-corrected chi connectivity index (χ3v) is 7.92. The number of hydrogen-bond acceptors (Lipinski definition) is 8. The summed E-state index contributed by atoms with van der Waals surface area (Å²) in [5.41, 5.74) is 1.76. The molecule has 1 saturated heterocycles. The number of halogens is 3. The van der Waals surface area contributed by atoms with Crippen LogP contribution in [0.25, 0.3) is 10.2 Å². The van der Waals surface area contributed by atoms with Crippen LogP contribution in [-0.2, 0) is 11.0 Å². The van der Waals surface area contributed by atoms with Gasteiger partial charge in [0.15, 0.2) is 12.3 Å². The largest absolute Gasteiger partial charge is 0.472 e. The summed E-state index contributed by atoms with van der Waals surface area (Å²) in [7, 11) is 0. The highest BCUT2D eigenvalue weighted by Gasteiger charge is 2.35. The lowest BCUT2D eigenvalue weighted by Gasteiger charge is -2.44. The third-order valence-electron chi connectivity index (χ3n) is 6.97. The quantitative estimate of drug-likeness (QED) is 0.436. The maximum atomic E-state index is 12.9. The zero-order valence-corrected chi connectivity index (χ0v) is 22.3. The van der Waals surface area contributed by atoms with Gasteiger partial charge in [0.2, 0.25) is 0 Å². The first-order valence-electron chi connectivity index (χ1n) is 12.7. The van der Waals surface area contributed by atoms with Crippen LogP contribution in [-0.4, -0.2) is 70.2 Å². The molecule has 0 radical (unpaired) electrons. The van der Waals surface area contributed by atoms with Gasteiger partial charge in [0, 0.05) is 44.7 Å². The van der Waals surface area contributed by atoms with Crippen molar-refractivity contribution in [3.8, 4) is 5.75 Å². The van der Waals surface area contributed by atoms with Crippen LogP contribution in [0.4, 0.5) is 13.2 Å². The van der Waals surface area contributed by atoms with E-state index in [1.165, 1.54) is 12.1 Å². The summed E-state index contributed by atoms with van der Waals surface area (Å²) < 4.78 is 45.9. The standard InChI is InChI=1S/C27H31F3N4O3S/c1-16-14-33(15-21-12-24(37-32-21)19-4-6-20(7-5-19)27(28,29)30)10-11-34(16)26(17(2)35)36-22-8-9-25-23(13-22)31-18(3)38-25/h4-9,13,16-17,24,26,35H,10-12,14-15H2,1-3H3/t16-,17?,24?,26?/m0/s1. The number of aryl methyl sites for hydroxylation is 1. The first-order chi connectivity index (χ1) is 18.1. The molecule has 1 aromatic heterocycles. The van der Waals surface area contributed by atoms with E-state index >= 15 is 0 Å². The molecule has 11 heteroatoms. The molecule has 7 nitrogen and oxygen atoms in total. The number of rotatable bonds is 7. The minimum absolute atomic E-state index is 0.113. The Hall–Kier alpha value is -2.73. The smallest absolute Gasteiger partial charge is 0.416 e. The highest BCUT2D eigenvalue weighted by molar-refractivity contribution is 7.18.